The first-order valence-electron chi connectivity index (χ1n) is 5.18. The Morgan fingerprint density at radius 2 is 1.89 bits per heavy atom. The highest BCUT2D eigenvalue weighted by Gasteiger charge is 2.10. The Bertz CT molecular complexity index is 599. The van der Waals surface area contributed by atoms with Gasteiger partial charge in [0, 0.05) is 11.3 Å². The summed E-state index contributed by atoms with van der Waals surface area (Å²) < 4.78 is 26.3. The van der Waals surface area contributed by atoms with E-state index in [4.69, 9.17) is 5.73 Å². The van der Waals surface area contributed by atoms with Crippen molar-refractivity contribution in [1.29, 1.82) is 0 Å². The predicted molar refractivity (Wildman–Crippen MR) is 65.2 cm³/mol. The van der Waals surface area contributed by atoms with Gasteiger partial charge in [-0.15, -0.1) is 0 Å². The zero-order valence-corrected chi connectivity index (χ0v) is 9.28. The summed E-state index contributed by atoms with van der Waals surface area (Å²) in [6, 6.07) is 8.95. The molecule has 0 atom stereocenters. The molecule has 0 bridgehead atoms. The predicted octanol–water partition coefficient (Wildman–Crippen LogP) is 2.80. The highest BCUT2D eigenvalue weighted by atomic mass is 19.1. The molecule has 0 spiro atoms. The Kier molecular flexibility index (Phi) is 3.23. The molecule has 5 heteroatoms. The number of carbonyl (C=O) groups is 1. The van der Waals surface area contributed by atoms with Crippen LogP contribution in [0.2, 0.25) is 0 Å². The minimum Gasteiger partial charge on any atom is -0.399 e. The highest BCUT2D eigenvalue weighted by Crippen LogP contribution is 2.18. The van der Waals surface area contributed by atoms with Crippen molar-refractivity contribution in [1.82, 2.24) is 0 Å². The number of hydrogen-bond acceptors (Lipinski definition) is 2. The number of halogens is 2. The molecule has 0 aliphatic heterocycles. The maximum atomic E-state index is 13.4. The lowest BCUT2D eigenvalue weighted by Crippen LogP contribution is -2.13. The Balaban J connectivity index is 2.24. The van der Waals surface area contributed by atoms with E-state index in [0.29, 0.717) is 5.69 Å². The molecule has 0 saturated carbocycles. The SMILES string of the molecule is Nc1ccc(F)c(NC(=O)c2cccc(F)c2)c1. The molecule has 3 nitrogen and oxygen atoms in total. The summed E-state index contributed by atoms with van der Waals surface area (Å²) in [7, 11) is 0. The van der Waals surface area contributed by atoms with Gasteiger partial charge in [-0.25, -0.2) is 8.78 Å². The summed E-state index contributed by atoms with van der Waals surface area (Å²) in [4.78, 5) is 11.7. The number of amides is 1. The zero-order valence-electron chi connectivity index (χ0n) is 9.28. The Morgan fingerprint density at radius 1 is 1.11 bits per heavy atom. The van der Waals surface area contributed by atoms with Crippen LogP contribution in [0.25, 0.3) is 0 Å². The minimum absolute atomic E-state index is 0.0377. The molecule has 0 saturated heterocycles. The van der Waals surface area contributed by atoms with Crippen LogP contribution in [0.4, 0.5) is 20.2 Å². The fraction of sp³-hybridized carbons (Fsp3) is 0. The van der Waals surface area contributed by atoms with Crippen LogP contribution in [-0.4, -0.2) is 5.91 Å². The van der Waals surface area contributed by atoms with Gasteiger partial charge in [0.15, 0.2) is 0 Å². The van der Waals surface area contributed by atoms with E-state index in [0.717, 1.165) is 12.1 Å². The molecule has 0 aromatic heterocycles. The van der Waals surface area contributed by atoms with Crippen molar-refractivity contribution in [2.24, 2.45) is 0 Å². The number of hydrogen-bond donors (Lipinski definition) is 2. The number of nitrogen functional groups attached to an aromatic ring is 1. The molecule has 0 heterocycles. The van der Waals surface area contributed by atoms with E-state index >= 15 is 0 Å². The third-order valence-corrected chi connectivity index (χ3v) is 2.33. The quantitative estimate of drug-likeness (QED) is 0.803. The van der Waals surface area contributed by atoms with E-state index in [1.54, 1.807) is 0 Å². The van der Waals surface area contributed by atoms with Crippen LogP contribution in [0, 0.1) is 11.6 Å². The third-order valence-electron chi connectivity index (χ3n) is 2.33. The fourth-order valence-corrected chi connectivity index (χ4v) is 1.46. The van der Waals surface area contributed by atoms with Crippen molar-refractivity contribution >= 4 is 17.3 Å². The molecule has 18 heavy (non-hydrogen) atoms. The van der Waals surface area contributed by atoms with Gasteiger partial charge in [0.05, 0.1) is 5.69 Å². The standard InChI is InChI=1S/C13H10F2N2O/c14-9-3-1-2-8(6-9)13(18)17-12-7-10(16)4-5-11(12)15/h1-7H,16H2,(H,17,18). The molecule has 92 valence electrons. The Hall–Kier alpha value is -2.43. The van der Waals surface area contributed by atoms with Crippen LogP contribution < -0.4 is 11.1 Å². The normalized spacial score (nSPS) is 10.1. The van der Waals surface area contributed by atoms with E-state index < -0.39 is 17.5 Å². The van der Waals surface area contributed by atoms with E-state index in [1.165, 1.54) is 30.3 Å². The maximum absolute atomic E-state index is 13.4. The Labute approximate surface area is 102 Å². The largest absolute Gasteiger partial charge is 0.399 e. The zero-order chi connectivity index (χ0) is 13.1. The van der Waals surface area contributed by atoms with Crippen LogP contribution in [0.1, 0.15) is 10.4 Å². The number of anilines is 2. The van der Waals surface area contributed by atoms with Crippen molar-refractivity contribution in [3.05, 3.63) is 59.7 Å². The van der Waals surface area contributed by atoms with E-state index in [2.05, 4.69) is 5.32 Å². The molecule has 1 amide bonds. The molecule has 0 radical (unpaired) electrons. The van der Waals surface area contributed by atoms with Crippen molar-refractivity contribution in [3.8, 4) is 0 Å². The number of carbonyl (C=O) groups excluding carboxylic acids is 1. The van der Waals surface area contributed by atoms with Gasteiger partial charge in [0.1, 0.15) is 11.6 Å². The number of benzene rings is 2. The second-order valence-corrected chi connectivity index (χ2v) is 3.70. The molecule has 0 aliphatic rings. The molecular formula is C13H10F2N2O. The number of rotatable bonds is 2. The van der Waals surface area contributed by atoms with Gasteiger partial charge in [-0.3, -0.25) is 4.79 Å². The van der Waals surface area contributed by atoms with Crippen LogP contribution in [0.5, 0.6) is 0 Å². The molecule has 3 N–H and O–H groups in total. The van der Waals surface area contributed by atoms with E-state index in [1.807, 2.05) is 0 Å². The van der Waals surface area contributed by atoms with Gasteiger partial charge in [-0.1, -0.05) is 6.07 Å². The van der Waals surface area contributed by atoms with Crippen LogP contribution in [0.15, 0.2) is 42.5 Å². The third kappa shape index (κ3) is 2.63. The molecule has 2 aromatic rings. The average molecular weight is 248 g/mol. The second-order valence-electron chi connectivity index (χ2n) is 3.70. The molecule has 0 aliphatic carbocycles. The lowest BCUT2D eigenvalue weighted by atomic mass is 10.2. The minimum atomic E-state index is -0.603. The smallest absolute Gasteiger partial charge is 0.255 e. The van der Waals surface area contributed by atoms with Gasteiger partial charge < -0.3 is 11.1 Å². The highest BCUT2D eigenvalue weighted by molar-refractivity contribution is 6.04. The topological polar surface area (TPSA) is 55.1 Å². The molecule has 0 unspecified atom stereocenters. The Morgan fingerprint density at radius 3 is 2.61 bits per heavy atom. The lowest BCUT2D eigenvalue weighted by Gasteiger charge is -2.07. The maximum Gasteiger partial charge on any atom is 0.255 e. The molecule has 2 aromatic carbocycles. The summed E-state index contributed by atoms with van der Waals surface area (Å²) in [5, 5.41) is 2.33. The number of nitrogens with one attached hydrogen (secondary N) is 1. The first-order valence-corrected chi connectivity index (χ1v) is 5.18. The van der Waals surface area contributed by atoms with Gasteiger partial charge in [-0.05, 0) is 36.4 Å². The first-order chi connectivity index (χ1) is 8.56. The summed E-state index contributed by atoms with van der Waals surface area (Å²) in [5.74, 6) is -1.73. The monoisotopic (exact) mass is 248 g/mol. The van der Waals surface area contributed by atoms with Crippen LogP contribution in [-0.2, 0) is 0 Å². The van der Waals surface area contributed by atoms with Crippen LogP contribution >= 0.6 is 0 Å². The molecule has 0 fully saturated rings. The summed E-state index contributed by atoms with van der Waals surface area (Å²) in [6.45, 7) is 0. The van der Waals surface area contributed by atoms with Crippen molar-refractivity contribution in [2.45, 2.75) is 0 Å². The average Bonchev–Trinajstić information content (AvgIpc) is 2.34. The second kappa shape index (κ2) is 4.83. The molecular weight excluding hydrogens is 238 g/mol. The van der Waals surface area contributed by atoms with Crippen molar-refractivity contribution in [3.63, 3.8) is 0 Å². The summed E-state index contributed by atoms with van der Waals surface area (Å²) in [6.07, 6.45) is 0. The van der Waals surface area contributed by atoms with Gasteiger partial charge in [0.25, 0.3) is 5.91 Å². The van der Waals surface area contributed by atoms with Gasteiger partial charge in [-0.2, -0.15) is 0 Å². The van der Waals surface area contributed by atoms with E-state index in [9.17, 15) is 13.6 Å². The number of nitrogens with two attached hydrogens (primary N) is 1. The molecule has 2 rings (SSSR count). The lowest BCUT2D eigenvalue weighted by molar-refractivity contribution is 0.102. The summed E-state index contributed by atoms with van der Waals surface area (Å²) >= 11 is 0. The van der Waals surface area contributed by atoms with Crippen molar-refractivity contribution < 1.29 is 13.6 Å². The summed E-state index contributed by atoms with van der Waals surface area (Å²) in [5.41, 5.74) is 5.88. The van der Waals surface area contributed by atoms with Crippen LogP contribution in [0.3, 0.4) is 0 Å². The van der Waals surface area contributed by atoms with E-state index in [-0.39, 0.29) is 11.3 Å². The fourth-order valence-electron chi connectivity index (χ4n) is 1.46. The first kappa shape index (κ1) is 12.0. The van der Waals surface area contributed by atoms with Gasteiger partial charge >= 0.3 is 0 Å². The van der Waals surface area contributed by atoms with Crippen molar-refractivity contribution in [2.75, 3.05) is 11.1 Å². The van der Waals surface area contributed by atoms with Gasteiger partial charge in [0.2, 0.25) is 0 Å².